The lowest BCUT2D eigenvalue weighted by atomic mass is 9.86. The number of nitrogens with one attached hydrogen (secondary N) is 2. The highest BCUT2D eigenvalue weighted by atomic mass is 79.9. The highest BCUT2D eigenvalue weighted by Crippen LogP contribution is 2.57. The van der Waals surface area contributed by atoms with Gasteiger partial charge in [0.2, 0.25) is 0 Å². The first-order chi connectivity index (χ1) is 32.8. The van der Waals surface area contributed by atoms with Gasteiger partial charge in [0, 0.05) is 71.6 Å². The lowest BCUT2D eigenvalue weighted by Crippen LogP contribution is -2.39. The first-order valence-corrected chi connectivity index (χ1v) is 26.0. The van der Waals surface area contributed by atoms with E-state index in [1.807, 2.05) is 66.7 Å². The first kappa shape index (κ1) is 45.0. The average molecular weight is 1090 g/mol. The molecule has 3 spiro atoms. The second-order valence-corrected chi connectivity index (χ2v) is 22.7. The molecule has 14 rings (SSSR count). The molecule has 0 unspecified atom stereocenters. The molecule has 4 saturated carbocycles. The molecular formula is C56H49Br3N6O3. The number of aryl methyl sites for hydroxylation is 2. The Bertz CT molecular complexity index is 3130. The van der Waals surface area contributed by atoms with Gasteiger partial charge in [-0.05, 0) is 164 Å². The zero-order valence-corrected chi connectivity index (χ0v) is 42.3. The fourth-order valence-corrected chi connectivity index (χ4v) is 11.8. The van der Waals surface area contributed by atoms with E-state index >= 15 is 0 Å². The minimum atomic E-state index is -0.301. The quantitative estimate of drug-likeness (QED) is 0.160. The van der Waals surface area contributed by atoms with Crippen molar-refractivity contribution in [2.24, 2.45) is 0 Å². The van der Waals surface area contributed by atoms with Gasteiger partial charge in [0.1, 0.15) is 11.5 Å². The Kier molecular flexibility index (Phi) is 11.4. The number of nitrogens with zero attached hydrogens (tertiary/aromatic N) is 3. The van der Waals surface area contributed by atoms with Crippen LogP contribution < -0.4 is 16.4 Å². The van der Waals surface area contributed by atoms with Gasteiger partial charge in [-0.15, -0.1) is 0 Å². The SMILES string of the molecule is Brc1ccc2c(c1)C1(CC2)CC1.N#CC1(c2ccc(-c3cnc(N)c(-c4ccc5c(c4)C4(CC4)CNC5=O)n3)cc2)CC1.O=C1CCc2ccc(Br)cc21.O=C1NCC2(CC2)c2cc(Br)ccc21. The van der Waals surface area contributed by atoms with Crippen LogP contribution in [0.5, 0.6) is 0 Å². The van der Waals surface area contributed by atoms with E-state index in [2.05, 4.69) is 99.8 Å². The van der Waals surface area contributed by atoms with Crippen LogP contribution in [-0.2, 0) is 34.5 Å². The normalized spacial score (nSPS) is 19.7. The molecular weight excluding hydrogens is 1040 g/mol. The van der Waals surface area contributed by atoms with Crippen LogP contribution in [0.3, 0.4) is 0 Å². The van der Waals surface area contributed by atoms with Crippen molar-refractivity contribution in [3.63, 3.8) is 0 Å². The molecule has 1 aromatic heterocycles. The second kappa shape index (κ2) is 17.2. The number of hydrogen-bond donors (Lipinski definition) is 3. The minimum absolute atomic E-state index is 0.0159. The topological polar surface area (TPSA) is 151 Å². The molecule has 2 aliphatic heterocycles. The van der Waals surface area contributed by atoms with E-state index in [1.54, 1.807) is 17.3 Å². The van der Waals surface area contributed by atoms with Crippen molar-refractivity contribution in [3.8, 4) is 28.6 Å². The monoisotopic (exact) mass is 1090 g/mol. The summed E-state index contributed by atoms with van der Waals surface area (Å²) in [5.41, 5.74) is 20.4. The number of amides is 2. The van der Waals surface area contributed by atoms with Crippen LogP contribution in [0.4, 0.5) is 5.82 Å². The molecule has 12 heteroatoms. The van der Waals surface area contributed by atoms with Crippen molar-refractivity contribution in [1.29, 1.82) is 5.26 Å². The molecule has 0 saturated heterocycles. The maximum absolute atomic E-state index is 12.3. The Balaban J connectivity index is 0.000000112. The zero-order valence-electron chi connectivity index (χ0n) is 37.5. The van der Waals surface area contributed by atoms with E-state index in [1.165, 1.54) is 54.1 Å². The van der Waals surface area contributed by atoms with Gasteiger partial charge < -0.3 is 16.4 Å². The molecule has 8 aliphatic rings. The van der Waals surface area contributed by atoms with Crippen molar-refractivity contribution in [3.05, 3.63) is 167 Å². The molecule has 5 aromatic carbocycles. The van der Waals surface area contributed by atoms with Crippen LogP contribution in [0, 0.1) is 11.3 Å². The number of carbonyl (C=O) groups excluding carboxylic acids is 3. The van der Waals surface area contributed by atoms with Crippen LogP contribution in [0.2, 0.25) is 0 Å². The number of Topliss-reactive ketones (excluding diaryl/α,β-unsaturated/α-hetero) is 1. The van der Waals surface area contributed by atoms with E-state index < -0.39 is 0 Å². The van der Waals surface area contributed by atoms with Crippen molar-refractivity contribution in [2.45, 2.75) is 98.7 Å². The van der Waals surface area contributed by atoms with Gasteiger partial charge in [0.05, 0.1) is 23.4 Å². The second-order valence-electron chi connectivity index (χ2n) is 19.9. The van der Waals surface area contributed by atoms with Crippen LogP contribution >= 0.6 is 47.8 Å². The summed E-state index contributed by atoms with van der Waals surface area (Å²) in [6, 6.07) is 34.9. The third-order valence-corrected chi connectivity index (χ3v) is 17.1. The maximum Gasteiger partial charge on any atom is 0.251 e. The first-order valence-electron chi connectivity index (χ1n) is 23.6. The molecule has 0 radical (unpaired) electrons. The molecule has 0 bridgehead atoms. The number of ketones is 1. The predicted octanol–water partition coefficient (Wildman–Crippen LogP) is 12.0. The number of nitriles is 1. The third-order valence-electron chi connectivity index (χ3n) is 15.6. The zero-order chi connectivity index (χ0) is 47.0. The van der Waals surface area contributed by atoms with Gasteiger partial charge in [-0.3, -0.25) is 14.4 Å². The Hall–Kier alpha value is -5.48. The van der Waals surface area contributed by atoms with Crippen molar-refractivity contribution >= 4 is 71.2 Å². The molecule has 342 valence electrons. The van der Waals surface area contributed by atoms with Crippen LogP contribution in [-0.4, -0.2) is 40.7 Å². The summed E-state index contributed by atoms with van der Waals surface area (Å²) >= 11 is 10.3. The summed E-state index contributed by atoms with van der Waals surface area (Å²) in [6.45, 7) is 1.51. The number of benzene rings is 5. The van der Waals surface area contributed by atoms with E-state index in [-0.39, 0.29) is 33.8 Å². The molecule has 4 N–H and O–H groups in total. The van der Waals surface area contributed by atoms with Crippen LogP contribution in [0.25, 0.3) is 22.5 Å². The average Bonchev–Trinajstić information content (AvgIpc) is 4.19. The van der Waals surface area contributed by atoms with Crippen molar-refractivity contribution < 1.29 is 14.4 Å². The highest BCUT2D eigenvalue weighted by molar-refractivity contribution is 9.11. The van der Waals surface area contributed by atoms with E-state index in [0.717, 1.165) is 92.2 Å². The van der Waals surface area contributed by atoms with Gasteiger partial charge >= 0.3 is 0 Å². The fourth-order valence-electron chi connectivity index (χ4n) is 10.7. The molecule has 0 atom stereocenters. The number of fused-ring (bicyclic) bond motifs is 7. The van der Waals surface area contributed by atoms with Crippen molar-refractivity contribution in [2.75, 3.05) is 18.8 Å². The molecule has 6 aromatic rings. The highest BCUT2D eigenvalue weighted by Gasteiger charge is 2.51. The molecule has 3 heterocycles. The lowest BCUT2D eigenvalue weighted by molar-refractivity contribution is 0.0929. The molecule has 6 aliphatic carbocycles. The summed E-state index contributed by atoms with van der Waals surface area (Å²) < 4.78 is 3.30. The Morgan fingerprint density at radius 1 is 0.559 bits per heavy atom. The number of hydrogen-bond acceptors (Lipinski definition) is 7. The molecule has 4 fully saturated rings. The fraction of sp³-hybridized carbons (Fsp3) is 0.321. The number of nitrogens with two attached hydrogens (primary N) is 1. The summed E-state index contributed by atoms with van der Waals surface area (Å²) in [4.78, 5) is 44.3. The van der Waals surface area contributed by atoms with Crippen LogP contribution in [0.15, 0.2) is 117 Å². The van der Waals surface area contributed by atoms with Gasteiger partial charge in [-0.1, -0.05) is 90.3 Å². The maximum atomic E-state index is 12.3. The van der Waals surface area contributed by atoms with Gasteiger partial charge in [-0.2, -0.15) is 5.26 Å². The Morgan fingerprint density at radius 2 is 1.12 bits per heavy atom. The summed E-state index contributed by atoms with van der Waals surface area (Å²) in [7, 11) is 0. The number of aromatic nitrogens is 2. The minimum Gasteiger partial charge on any atom is -0.382 e. The van der Waals surface area contributed by atoms with Gasteiger partial charge in [0.25, 0.3) is 11.8 Å². The summed E-state index contributed by atoms with van der Waals surface area (Å²) in [6.07, 6.45) is 15.3. The standard InChI is InChI=1S/C25H21N5O.C11H10BrNO.C11H11Br.C9H7BrO/c26-13-24(7-8-24)17-4-1-15(2-5-17)20-12-28-22(27)21(30-20)16-3-6-18-19(11-16)25(9-10-25)14-29-23(18)31;12-7-1-2-8-9(5-7)11(3-4-11)6-13-10(8)14;12-9-2-1-8-3-4-11(5-6-11)10(8)7-9;10-7-3-1-6-2-4-9(11)8(6)5-7/h1-6,11-12H,7-10,14H2,(H2,27,28)(H,29,31);1-2,5H,3-4,6H2,(H,13,14);1-2,7H,3-6H2;1,3,5H,2,4H2. The smallest absolute Gasteiger partial charge is 0.251 e. The third kappa shape index (κ3) is 8.43. The number of carbonyl (C=O) groups is 3. The summed E-state index contributed by atoms with van der Waals surface area (Å²) in [5.74, 6) is 0.705. The van der Waals surface area contributed by atoms with E-state index in [4.69, 9.17) is 10.7 Å². The molecule has 68 heavy (non-hydrogen) atoms. The van der Waals surface area contributed by atoms with E-state index in [9.17, 15) is 19.6 Å². The molecule has 2 amide bonds. The Labute approximate surface area is 421 Å². The van der Waals surface area contributed by atoms with Crippen molar-refractivity contribution in [1.82, 2.24) is 20.6 Å². The molecule has 9 nitrogen and oxygen atoms in total. The number of halogens is 3. The lowest BCUT2D eigenvalue weighted by Gasteiger charge is -2.26. The van der Waals surface area contributed by atoms with E-state index in [0.29, 0.717) is 29.9 Å². The number of anilines is 1. The van der Waals surface area contributed by atoms with Crippen LogP contribution in [0.1, 0.15) is 129 Å². The number of rotatable bonds is 3. The predicted molar refractivity (Wildman–Crippen MR) is 275 cm³/mol. The largest absolute Gasteiger partial charge is 0.382 e. The summed E-state index contributed by atoms with van der Waals surface area (Å²) in [5, 5.41) is 15.4. The van der Waals surface area contributed by atoms with Gasteiger partial charge in [0.15, 0.2) is 5.78 Å². The Morgan fingerprint density at radius 3 is 1.74 bits per heavy atom. The number of nitrogen functional groups attached to an aromatic ring is 1. The van der Waals surface area contributed by atoms with Gasteiger partial charge in [-0.25, -0.2) is 9.97 Å².